The summed E-state index contributed by atoms with van der Waals surface area (Å²) in [7, 11) is 6.97. The zero-order valence-corrected chi connectivity index (χ0v) is 35.4. The monoisotopic (exact) mass is 687 g/mol. The Balaban J connectivity index is -0.000000193. The standard InChI is InChI=1S/C15H26N2O2.C13H22N2O2.C2H7P.4C2H6/c1-6-16(4)9-7-8-10-17(5)13-12(11(2)3)14(18)15(13)19;1-4-15(5-2)9-7-6-8-14(3)11-10-12(16)13(11)17;1-3-2;4*1-2/h11H,6-10H2,1-5H3;10H,4-9H2,1-3H3;3H,1-2H3;4*1-2H3. The van der Waals surface area contributed by atoms with E-state index in [1.165, 1.54) is 6.07 Å². The van der Waals surface area contributed by atoms with Crippen LogP contribution in [0.2, 0.25) is 0 Å². The lowest BCUT2D eigenvalue weighted by Gasteiger charge is -2.25. The highest BCUT2D eigenvalue weighted by molar-refractivity contribution is 7.35. The Morgan fingerprint density at radius 2 is 1.00 bits per heavy atom. The number of rotatable bonds is 16. The van der Waals surface area contributed by atoms with Crippen LogP contribution >= 0.6 is 8.58 Å². The van der Waals surface area contributed by atoms with Crippen LogP contribution in [0.1, 0.15) is 127 Å². The van der Waals surface area contributed by atoms with Gasteiger partial charge in [0.1, 0.15) is 0 Å². The highest BCUT2D eigenvalue weighted by Crippen LogP contribution is 2.22. The summed E-state index contributed by atoms with van der Waals surface area (Å²) in [6.45, 7) is 37.8. The van der Waals surface area contributed by atoms with Crippen LogP contribution in [0.25, 0.3) is 0 Å². The lowest BCUT2D eigenvalue weighted by atomic mass is 9.95. The molecule has 47 heavy (non-hydrogen) atoms. The van der Waals surface area contributed by atoms with Gasteiger partial charge in [-0.15, -0.1) is 8.58 Å². The van der Waals surface area contributed by atoms with E-state index in [0.29, 0.717) is 16.9 Å². The molecule has 0 aliphatic carbocycles. The maximum Gasteiger partial charge on any atom is 0.249 e. The smallest absolute Gasteiger partial charge is 0.249 e. The van der Waals surface area contributed by atoms with Crippen molar-refractivity contribution in [2.45, 2.75) is 122 Å². The van der Waals surface area contributed by atoms with Crippen LogP contribution in [0.4, 0.5) is 11.4 Å². The molecule has 0 aliphatic rings. The molecule has 0 fully saturated rings. The molecule has 0 saturated carbocycles. The van der Waals surface area contributed by atoms with E-state index in [1.54, 1.807) is 0 Å². The van der Waals surface area contributed by atoms with E-state index in [0.717, 1.165) is 80.1 Å². The fraction of sp³-hybridized carbons (Fsp3) is 0.789. The molecule has 0 bridgehead atoms. The van der Waals surface area contributed by atoms with Crippen LogP contribution in [0.3, 0.4) is 0 Å². The number of nitrogens with zero attached hydrogens (tertiary/aromatic N) is 4. The van der Waals surface area contributed by atoms with E-state index >= 15 is 0 Å². The average Bonchev–Trinajstić information content (AvgIpc) is 3.10. The number of anilines is 2. The summed E-state index contributed by atoms with van der Waals surface area (Å²) in [5.41, 5.74) is 0.616. The molecule has 0 radical (unpaired) electrons. The van der Waals surface area contributed by atoms with Gasteiger partial charge in [-0.1, -0.05) is 90.0 Å². The van der Waals surface area contributed by atoms with Crippen molar-refractivity contribution < 1.29 is 0 Å². The molecular formula is C38H79N4O4P. The molecule has 0 saturated heterocycles. The Labute approximate surface area is 293 Å². The first-order chi connectivity index (χ1) is 22.4. The van der Waals surface area contributed by atoms with Gasteiger partial charge in [0.05, 0.1) is 11.4 Å². The van der Waals surface area contributed by atoms with Gasteiger partial charge in [0.2, 0.25) is 21.7 Å². The zero-order chi connectivity index (χ0) is 38.1. The Kier molecular flexibility index (Phi) is 42.9. The number of hydrogen-bond donors (Lipinski definition) is 0. The molecule has 0 spiro atoms. The molecule has 0 unspecified atom stereocenters. The van der Waals surface area contributed by atoms with Crippen molar-refractivity contribution in [2.24, 2.45) is 0 Å². The summed E-state index contributed by atoms with van der Waals surface area (Å²) >= 11 is 0. The van der Waals surface area contributed by atoms with Crippen LogP contribution in [-0.4, -0.2) is 90.1 Å². The van der Waals surface area contributed by atoms with Crippen molar-refractivity contribution in [3.63, 3.8) is 0 Å². The quantitative estimate of drug-likeness (QED) is 0.102. The van der Waals surface area contributed by atoms with Crippen molar-refractivity contribution in [3.05, 3.63) is 52.5 Å². The van der Waals surface area contributed by atoms with Crippen molar-refractivity contribution in [2.75, 3.05) is 90.1 Å². The Morgan fingerprint density at radius 1 is 0.596 bits per heavy atom. The maximum atomic E-state index is 11.6. The highest BCUT2D eigenvalue weighted by Gasteiger charge is 2.25. The second kappa shape index (κ2) is 36.9. The first-order valence-corrected chi connectivity index (χ1v) is 20.5. The summed E-state index contributed by atoms with van der Waals surface area (Å²) in [4.78, 5) is 53.6. The summed E-state index contributed by atoms with van der Waals surface area (Å²) in [5, 5.41) is 0. The van der Waals surface area contributed by atoms with Gasteiger partial charge in [-0.2, -0.15) is 0 Å². The molecule has 2 aromatic rings. The van der Waals surface area contributed by atoms with Crippen molar-refractivity contribution in [3.8, 4) is 0 Å². The maximum absolute atomic E-state index is 11.6. The summed E-state index contributed by atoms with van der Waals surface area (Å²) in [6.07, 6.45) is 4.32. The van der Waals surface area contributed by atoms with Gasteiger partial charge in [0, 0.05) is 38.8 Å². The number of unbranched alkanes of at least 4 members (excludes halogenated alkanes) is 2. The van der Waals surface area contributed by atoms with Gasteiger partial charge in [0.25, 0.3) is 0 Å². The van der Waals surface area contributed by atoms with E-state index in [4.69, 9.17) is 0 Å². The molecular weight excluding hydrogens is 607 g/mol. The lowest BCUT2D eigenvalue weighted by molar-refractivity contribution is 0.297. The third kappa shape index (κ3) is 23.2. The van der Waals surface area contributed by atoms with Crippen molar-refractivity contribution in [1.82, 2.24) is 9.80 Å². The van der Waals surface area contributed by atoms with Gasteiger partial charge in [-0.25, -0.2) is 0 Å². The van der Waals surface area contributed by atoms with E-state index in [-0.39, 0.29) is 27.6 Å². The van der Waals surface area contributed by atoms with E-state index < -0.39 is 0 Å². The molecule has 0 N–H and O–H groups in total. The normalized spacial score (nSPS) is 9.72. The van der Waals surface area contributed by atoms with Crippen molar-refractivity contribution >= 4 is 20.0 Å². The Hall–Kier alpha value is -1.89. The first-order valence-electron chi connectivity index (χ1n) is 18.5. The molecule has 0 atom stereocenters. The second-order valence-corrected chi connectivity index (χ2v) is 11.5. The molecule has 0 aromatic heterocycles. The lowest BCUT2D eigenvalue weighted by Crippen LogP contribution is -2.43. The minimum Gasteiger partial charge on any atom is -0.371 e. The van der Waals surface area contributed by atoms with Gasteiger partial charge in [0.15, 0.2) is 0 Å². The predicted octanol–water partition coefficient (Wildman–Crippen LogP) is 7.44. The van der Waals surface area contributed by atoms with Crippen LogP contribution in [0.15, 0.2) is 25.2 Å². The van der Waals surface area contributed by atoms with Crippen molar-refractivity contribution in [1.29, 1.82) is 0 Å². The van der Waals surface area contributed by atoms with Crippen LogP contribution in [0.5, 0.6) is 0 Å². The SMILES string of the molecule is CC.CC.CC.CC.CCN(C)CCCCN(C)c1c(C(C)C)c(=O)c1=O.CCN(CC)CCCCN(C)c1cc(=O)c1=O.CPC. The fourth-order valence-corrected chi connectivity index (χ4v) is 4.24. The molecule has 0 amide bonds. The first kappa shape index (κ1) is 54.6. The minimum atomic E-state index is -0.366. The van der Waals surface area contributed by atoms with E-state index in [2.05, 4.69) is 50.9 Å². The Morgan fingerprint density at radius 3 is 1.36 bits per heavy atom. The largest absolute Gasteiger partial charge is 0.371 e. The van der Waals surface area contributed by atoms with Crippen LogP contribution in [0, 0.1) is 0 Å². The van der Waals surface area contributed by atoms with Crippen LogP contribution in [-0.2, 0) is 0 Å². The summed E-state index contributed by atoms with van der Waals surface area (Å²) in [5.74, 6) is 0.133. The molecule has 2 rings (SSSR count). The molecule has 0 heterocycles. The fourth-order valence-electron chi connectivity index (χ4n) is 4.24. The molecule has 8 nitrogen and oxygen atoms in total. The number of hydrogen-bond acceptors (Lipinski definition) is 8. The summed E-state index contributed by atoms with van der Waals surface area (Å²) < 4.78 is 0. The van der Waals surface area contributed by atoms with E-state index in [1.807, 2.05) is 93.1 Å². The molecule has 2 aromatic carbocycles. The van der Waals surface area contributed by atoms with Gasteiger partial charge in [-0.3, -0.25) is 19.2 Å². The van der Waals surface area contributed by atoms with Gasteiger partial charge < -0.3 is 19.6 Å². The summed E-state index contributed by atoms with van der Waals surface area (Å²) in [6, 6.07) is 1.42. The predicted molar refractivity (Wildman–Crippen MR) is 218 cm³/mol. The minimum absolute atomic E-state index is 0.133. The highest BCUT2D eigenvalue weighted by atomic mass is 31.1. The molecule has 0 aliphatic heterocycles. The third-order valence-corrected chi connectivity index (χ3v) is 6.95. The zero-order valence-electron chi connectivity index (χ0n) is 34.4. The molecule has 280 valence electrons. The average molecular weight is 687 g/mol. The van der Waals surface area contributed by atoms with Crippen LogP contribution < -0.4 is 31.5 Å². The van der Waals surface area contributed by atoms with E-state index in [9.17, 15) is 19.2 Å². The molecule has 9 heteroatoms. The van der Waals surface area contributed by atoms with Gasteiger partial charge in [-0.05, 0) is 84.7 Å². The van der Waals surface area contributed by atoms with Gasteiger partial charge >= 0.3 is 0 Å². The topological polar surface area (TPSA) is 81.2 Å². The third-order valence-electron chi connectivity index (χ3n) is 6.95. The second-order valence-electron chi connectivity index (χ2n) is 10.5. The Bertz CT molecular complexity index is 1070.